The Labute approximate surface area is 199 Å². The number of esters is 2. The van der Waals surface area contributed by atoms with Gasteiger partial charge in [-0.3, -0.25) is 19.2 Å². The van der Waals surface area contributed by atoms with E-state index >= 15 is 0 Å². The van der Waals surface area contributed by atoms with E-state index in [1.807, 2.05) is 9.80 Å². The minimum atomic E-state index is -0.149. The Kier molecular flexibility index (Phi) is 12.3. The van der Waals surface area contributed by atoms with E-state index in [1.165, 1.54) is 0 Å². The van der Waals surface area contributed by atoms with E-state index in [9.17, 15) is 19.2 Å². The molecule has 2 rings (SSSR count). The van der Waals surface area contributed by atoms with Crippen LogP contribution in [0.3, 0.4) is 0 Å². The summed E-state index contributed by atoms with van der Waals surface area (Å²) in [5.74, 6) is 2.24. The molecule has 0 aromatic rings. The number of piperidine rings is 2. The highest BCUT2D eigenvalue weighted by Gasteiger charge is 2.29. The van der Waals surface area contributed by atoms with Gasteiger partial charge in [0.05, 0.1) is 36.6 Å². The third kappa shape index (κ3) is 8.84. The molecule has 0 unspecified atom stereocenters. The number of hydrogen-bond donors (Lipinski definition) is 0. The molecule has 0 aliphatic carbocycles. The fourth-order valence-electron chi connectivity index (χ4n) is 3.87. The number of thioether (sulfide) groups is 2. The van der Waals surface area contributed by atoms with Crippen molar-refractivity contribution in [1.29, 1.82) is 0 Å². The van der Waals surface area contributed by atoms with Crippen molar-refractivity contribution >= 4 is 47.3 Å². The first-order valence-electron chi connectivity index (χ1n) is 11.5. The van der Waals surface area contributed by atoms with Crippen molar-refractivity contribution in [2.45, 2.75) is 39.5 Å². The average molecular weight is 489 g/mol. The van der Waals surface area contributed by atoms with Gasteiger partial charge in [0.1, 0.15) is 0 Å². The molecule has 0 bridgehead atoms. The molecular weight excluding hydrogens is 452 g/mol. The Balaban J connectivity index is 1.51. The lowest BCUT2D eigenvalue weighted by Gasteiger charge is -2.31. The van der Waals surface area contributed by atoms with Gasteiger partial charge in [0.15, 0.2) is 0 Å². The van der Waals surface area contributed by atoms with Crippen LogP contribution < -0.4 is 0 Å². The molecule has 2 heterocycles. The second kappa shape index (κ2) is 14.7. The zero-order valence-corrected chi connectivity index (χ0v) is 20.8. The molecule has 0 atom stereocenters. The van der Waals surface area contributed by atoms with Crippen LogP contribution in [0.1, 0.15) is 39.5 Å². The van der Waals surface area contributed by atoms with Gasteiger partial charge in [0.2, 0.25) is 11.8 Å². The first-order chi connectivity index (χ1) is 15.5. The van der Waals surface area contributed by atoms with E-state index in [0.717, 1.165) is 11.5 Å². The predicted molar refractivity (Wildman–Crippen MR) is 127 cm³/mol. The van der Waals surface area contributed by atoms with Gasteiger partial charge in [0.25, 0.3) is 0 Å². The van der Waals surface area contributed by atoms with Crippen molar-refractivity contribution in [3.63, 3.8) is 0 Å². The fourth-order valence-corrected chi connectivity index (χ4v) is 5.81. The summed E-state index contributed by atoms with van der Waals surface area (Å²) in [7, 11) is 0. The summed E-state index contributed by atoms with van der Waals surface area (Å²) < 4.78 is 10.1. The van der Waals surface area contributed by atoms with Crippen molar-refractivity contribution in [2.75, 3.05) is 62.4 Å². The number of hydrogen-bond acceptors (Lipinski definition) is 8. The van der Waals surface area contributed by atoms with Crippen LogP contribution in [-0.2, 0) is 28.7 Å². The number of nitrogens with zero attached hydrogens (tertiary/aromatic N) is 2. The summed E-state index contributed by atoms with van der Waals surface area (Å²) in [6.07, 6.45) is 2.68. The molecule has 2 amide bonds. The minimum absolute atomic E-state index is 0.0865. The second-order valence-electron chi connectivity index (χ2n) is 7.92. The number of carbonyl (C=O) groups excluding carboxylic acids is 4. The molecule has 2 saturated heterocycles. The molecule has 2 fully saturated rings. The van der Waals surface area contributed by atoms with Crippen LogP contribution in [0, 0.1) is 11.8 Å². The Morgan fingerprint density at radius 3 is 1.34 bits per heavy atom. The molecular formula is C22H36N2O6S2. The van der Waals surface area contributed by atoms with Gasteiger partial charge < -0.3 is 19.3 Å². The molecule has 182 valence electrons. The van der Waals surface area contributed by atoms with Crippen LogP contribution in [-0.4, -0.2) is 96.0 Å². The van der Waals surface area contributed by atoms with Crippen LogP contribution in [0.15, 0.2) is 0 Å². The molecule has 0 aromatic carbocycles. The van der Waals surface area contributed by atoms with E-state index in [1.54, 1.807) is 37.4 Å². The van der Waals surface area contributed by atoms with Crippen molar-refractivity contribution in [3.8, 4) is 0 Å². The average Bonchev–Trinajstić information content (AvgIpc) is 2.81. The number of amides is 2. The lowest BCUT2D eigenvalue weighted by molar-refractivity contribution is -0.151. The third-order valence-corrected chi connectivity index (χ3v) is 7.90. The maximum absolute atomic E-state index is 12.4. The molecule has 0 N–H and O–H groups in total. The largest absolute Gasteiger partial charge is 0.466 e. The highest BCUT2D eigenvalue weighted by Crippen LogP contribution is 2.21. The molecule has 8 nitrogen and oxygen atoms in total. The molecule has 2 aliphatic rings. The maximum Gasteiger partial charge on any atom is 0.309 e. The highest BCUT2D eigenvalue weighted by atomic mass is 32.2. The smallest absolute Gasteiger partial charge is 0.309 e. The van der Waals surface area contributed by atoms with Crippen LogP contribution in [0.2, 0.25) is 0 Å². The van der Waals surface area contributed by atoms with Gasteiger partial charge in [-0.2, -0.15) is 23.5 Å². The SMILES string of the molecule is CCOC(=O)C1CCN(C(=O)CSCCSCC(=O)N2CCC(C(=O)OCC)CC2)CC1. The highest BCUT2D eigenvalue weighted by molar-refractivity contribution is 8.03. The second-order valence-corrected chi connectivity index (χ2v) is 10.1. The zero-order chi connectivity index (χ0) is 23.3. The van der Waals surface area contributed by atoms with Crippen molar-refractivity contribution in [2.24, 2.45) is 11.8 Å². The first-order valence-corrected chi connectivity index (χ1v) is 13.8. The lowest BCUT2D eigenvalue weighted by Crippen LogP contribution is -2.41. The van der Waals surface area contributed by atoms with Gasteiger partial charge in [-0.05, 0) is 39.5 Å². The van der Waals surface area contributed by atoms with E-state index in [4.69, 9.17) is 9.47 Å². The Morgan fingerprint density at radius 1 is 0.688 bits per heavy atom. The number of rotatable bonds is 11. The topological polar surface area (TPSA) is 93.2 Å². The Bertz CT molecular complexity index is 578. The Hall–Kier alpha value is -1.42. The summed E-state index contributed by atoms with van der Waals surface area (Å²) >= 11 is 3.17. The molecule has 0 spiro atoms. The normalized spacial score (nSPS) is 17.8. The van der Waals surface area contributed by atoms with Crippen LogP contribution >= 0.6 is 23.5 Å². The molecule has 10 heteroatoms. The van der Waals surface area contributed by atoms with E-state index in [2.05, 4.69) is 0 Å². The number of ether oxygens (including phenoxy) is 2. The van der Waals surface area contributed by atoms with Gasteiger partial charge in [-0.25, -0.2) is 0 Å². The van der Waals surface area contributed by atoms with E-state index in [-0.39, 0.29) is 35.6 Å². The molecule has 32 heavy (non-hydrogen) atoms. The summed E-state index contributed by atoms with van der Waals surface area (Å²) in [5, 5.41) is 0. The number of likely N-dealkylation sites (tertiary alicyclic amines) is 2. The lowest BCUT2D eigenvalue weighted by atomic mass is 9.97. The van der Waals surface area contributed by atoms with Crippen LogP contribution in [0.25, 0.3) is 0 Å². The van der Waals surface area contributed by atoms with Crippen LogP contribution in [0.4, 0.5) is 0 Å². The quantitative estimate of drug-likeness (QED) is 0.322. The van der Waals surface area contributed by atoms with Gasteiger partial charge in [0, 0.05) is 37.7 Å². The molecule has 2 aliphatic heterocycles. The maximum atomic E-state index is 12.4. The van der Waals surface area contributed by atoms with Gasteiger partial charge >= 0.3 is 11.9 Å². The molecule has 0 aromatic heterocycles. The summed E-state index contributed by atoms with van der Waals surface area (Å²) in [6.45, 7) is 6.84. The predicted octanol–water partition coefficient (Wildman–Crippen LogP) is 2.06. The van der Waals surface area contributed by atoms with Crippen LogP contribution in [0.5, 0.6) is 0 Å². The summed E-state index contributed by atoms with van der Waals surface area (Å²) in [5.41, 5.74) is 0. The molecule has 0 saturated carbocycles. The fraction of sp³-hybridized carbons (Fsp3) is 0.818. The third-order valence-electron chi connectivity index (χ3n) is 5.76. The van der Waals surface area contributed by atoms with Crippen molar-refractivity contribution in [1.82, 2.24) is 9.80 Å². The van der Waals surface area contributed by atoms with Crippen molar-refractivity contribution in [3.05, 3.63) is 0 Å². The monoisotopic (exact) mass is 488 g/mol. The van der Waals surface area contributed by atoms with Gasteiger partial charge in [-0.1, -0.05) is 0 Å². The van der Waals surface area contributed by atoms with Crippen molar-refractivity contribution < 1.29 is 28.7 Å². The van der Waals surface area contributed by atoms with Gasteiger partial charge in [-0.15, -0.1) is 0 Å². The van der Waals surface area contributed by atoms with E-state index < -0.39 is 0 Å². The summed E-state index contributed by atoms with van der Waals surface area (Å²) in [4.78, 5) is 51.9. The van der Waals surface area contributed by atoms with E-state index in [0.29, 0.717) is 76.6 Å². The molecule has 0 radical (unpaired) electrons. The summed E-state index contributed by atoms with van der Waals surface area (Å²) in [6, 6.07) is 0. The Morgan fingerprint density at radius 2 is 1.03 bits per heavy atom. The minimum Gasteiger partial charge on any atom is -0.466 e. The number of carbonyl (C=O) groups is 4. The standard InChI is InChI=1S/C22H36N2O6S2/c1-3-29-21(27)17-5-9-23(10-6-17)19(25)15-31-13-14-32-16-20(26)24-11-7-18(8-12-24)22(28)30-4-2/h17-18H,3-16H2,1-2H3. The first kappa shape index (κ1) is 26.8. The zero-order valence-electron chi connectivity index (χ0n) is 19.2.